The lowest BCUT2D eigenvalue weighted by atomic mass is 9.83. The van der Waals surface area contributed by atoms with Crippen LogP contribution in [0.15, 0.2) is 29.8 Å². The molecule has 14 heavy (non-hydrogen) atoms. The van der Waals surface area contributed by atoms with Crippen molar-refractivity contribution >= 4 is 6.08 Å². The van der Waals surface area contributed by atoms with E-state index in [1.807, 2.05) is 0 Å². The van der Waals surface area contributed by atoms with Crippen molar-refractivity contribution in [2.75, 3.05) is 0 Å². The first-order chi connectivity index (χ1) is 6.57. The van der Waals surface area contributed by atoms with Gasteiger partial charge in [0.2, 0.25) is 0 Å². The minimum absolute atomic E-state index is 0.173. The molecular formula is C13H17N. The highest BCUT2D eigenvalue weighted by molar-refractivity contribution is 5.61. The van der Waals surface area contributed by atoms with Gasteiger partial charge < -0.3 is 5.73 Å². The maximum absolute atomic E-state index is 6.10. The Morgan fingerprint density at radius 1 is 1.14 bits per heavy atom. The quantitative estimate of drug-likeness (QED) is 0.718. The number of hydrogen-bond donors (Lipinski definition) is 1. The molecule has 0 aromatic heterocycles. The Balaban J connectivity index is 2.41. The molecule has 0 aliphatic heterocycles. The first-order valence-electron chi connectivity index (χ1n) is 5.15. The van der Waals surface area contributed by atoms with E-state index in [4.69, 9.17) is 5.73 Å². The van der Waals surface area contributed by atoms with E-state index in [0.717, 1.165) is 12.8 Å². The summed E-state index contributed by atoms with van der Waals surface area (Å²) in [7, 11) is 0. The first-order valence-corrected chi connectivity index (χ1v) is 5.15. The SMILES string of the molecule is CC(C)(N)C1=Cc2ccccc2CC1. The molecule has 0 bridgehead atoms. The lowest BCUT2D eigenvalue weighted by molar-refractivity contribution is 0.583. The Morgan fingerprint density at radius 3 is 2.57 bits per heavy atom. The van der Waals surface area contributed by atoms with Crippen molar-refractivity contribution in [1.29, 1.82) is 0 Å². The van der Waals surface area contributed by atoms with Gasteiger partial charge in [-0.15, -0.1) is 0 Å². The minimum Gasteiger partial charge on any atom is -0.322 e. The molecular weight excluding hydrogens is 170 g/mol. The van der Waals surface area contributed by atoms with Crippen LogP contribution in [0.3, 0.4) is 0 Å². The number of aryl methyl sites for hydroxylation is 1. The second kappa shape index (κ2) is 3.25. The zero-order valence-electron chi connectivity index (χ0n) is 8.88. The summed E-state index contributed by atoms with van der Waals surface area (Å²) in [5.74, 6) is 0. The third-order valence-corrected chi connectivity index (χ3v) is 2.88. The number of fused-ring (bicyclic) bond motifs is 1. The Labute approximate surface area is 85.6 Å². The fourth-order valence-electron chi connectivity index (χ4n) is 1.94. The highest BCUT2D eigenvalue weighted by Gasteiger charge is 2.20. The number of hydrogen-bond acceptors (Lipinski definition) is 1. The maximum Gasteiger partial charge on any atom is 0.0314 e. The molecule has 74 valence electrons. The van der Waals surface area contributed by atoms with Crippen LogP contribution in [-0.2, 0) is 6.42 Å². The highest BCUT2D eigenvalue weighted by Crippen LogP contribution is 2.28. The normalized spacial score (nSPS) is 16.1. The zero-order valence-corrected chi connectivity index (χ0v) is 8.88. The second-order valence-electron chi connectivity index (χ2n) is 4.59. The van der Waals surface area contributed by atoms with Crippen molar-refractivity contribution in [2.24, 2.45) is 5.73 Å². The van der Waals surface area contributed by atoms with Crippen molar-refractivity contribution in [3.8, 4) is 0 Å². The van der Waals surface area contributed by atoms with E-state index in [0.29, 0.717) is 0 Å². The topological polar surface area (TPSA) is 26.0 Å². The Bertz CT molecular complexity index is 369. The zero-order chi connectivity index (χ0) is 10.2. The summed E-state index contributed by atoms with van der Waals surface area (Å²) < 4.78 is 0. The molecule has 1 aromatic rings. The van der Waals surface area contributed by atoms with Gasteiger partial charge in [0.15, 0.2) is 0 Å². The number of benzene rings is 1. The van der Waals surface area contributed by atoms with E-state index in [-0.39, 0.29) is 5.54 Å². The second-order valence-corrected chi connectivity index (χ2v) is 4.59. The van der Waals surface area contributed by atoms with Crippen LogP contribution >= 0.6 is 0 Å². The molecule has 1 aliphatic rings. The van der Waals surface area contributed by atoms with Crippen LogP contribution < -0.4 is 5.73 Å². The molecule has 0 spiro atoms. The summed E-state index contributed by atoms with van der Waals surface area (Å²) in [6.45, 7) is 4.15. The monoisotopic (exact) mass is 187 g/mol. The molecule has 2 N–H and O–H groups in total. The average molecular weight is 187 g/mol. The van der Waals surface area contributed by atoms with Gasteiger partial charge in [-0.05, 0) is 37.8 Å². The van der Waals surface area contributed by atoms with Gasteiger partial charge in [-0.3, -0.25) is 0 Å². The third kappa shape index (κ3) is 1.73. The largest absolute Gasteiger partial charge is 0.322 e. The van der Waals surface area contributed by atoms with Crippen molar-refractivity contribution < 1.29 is 0 Å². The summed E-state index contributed by atoms with van der Waals surface area (Å²) in [5.41, 5.74) is 10.1. The third-order valence-electron chi connectivity index (χ3n) is 2.88. The summed E-state index contributed by atoms with van der Waals surface area (Å²) in [5, 5.41) is 0. The van der Waals surface area contributed by atoms with Gasteiger partial charge in [-0.25, -0.2) is 0 Å². The molecule has 0 amide bonds. The Morgan fingerprint density at radius 2 is 1.86 bits per heavy atom. The molecule has 0 saturated heterocycles. The van der Waals surface area contributed by atoms with Crippen LogP contribution in [0.2, 0.25) is 0 Å². The van der Waals surface area contributed by atoms with Gasteiger partial charge in [-0.1, -0.05) is 35.9 Å². The molecule has 0 atom stereocenters. The van der Waals surface area contributed by atoms with Crippen molar-refractivity contribution in [2.45, 2.75) is 32.2 Å². The smallest absolute Gasteiger partial charge is 0.0314 e. The molecule has 1 nitrogen and oxygen atoms in total. The molecule has 1 aromatic carbocycles. The van der Waals surface area contributed by atoms with Crippen molar-refractivity contribution in [1.82, 2.24) is 0 Å². The summed E-state index contributed by atoms with van der Waals surface area (Å²) in [6.07, 6.45) is 4.47. The standard InChI is InChI=1S/C13H17N/c1-13(2,14)12-8-7-10-5-3-4-6-11(10)9-12/h3-6,9H,7-8,14H2,1-2H3. The van der Waals surface area contributed by atoms with Crippen LogP contribution in [0.1, 0.15) is 31.4 Å². The van der Waals surface area contributed by atoms with E-state index >= 15 is 0 Å². The van der Waals surface area contributed by atoms with Gasteiger partial charge >= 0.3 is 0 Å². The van der Waals surface area contributed by atoms with Crippen molar-refractivity contribution in [3.63, 3.8) is 0 Å². The Hall–Kier alpha value is -1.08. The van der Waals surface area contributed by atoms with Gasteiger partial charge in [0, 0.05) is 5.54 Å². The lowest BCUT2D eigenvalue weighted by Crippen LogP contribution is -2.35. The van der Waals surface area contributed by atoms with Gasteiger partial charge in [0.05, 0.1) is 0 Å². The van der Waals surface area contributed by atoms with Crippen LogP contribution in [-0.4, -0.2) is 5.54 Å². The van der Waals surface area contributed by atoms with E-state index < -0.39 is 0 Å². The lowest BCUT2D eigenvalue weighted by Gasteiger charge is -2.27. The molecule has 0 unspecified atom stereocenters. The van der Waals surface area contributed by atoms with Gasteiger partial charge in [0.1, 0.15) is 0 Å². The molecule has 2 rings (SSSR count). The molecule has 0 heterocycles. The predicted molar refractivity (Wildman–Crippen MR) is 61.0 cm³/mol. The molecule has 1 aliphatic carbocycles. The molecule has 1 heteroatoms. The van der Waals surface area contributed by atoms with E-state index in [9.17, 15) is 0 Å². The predicted octanol–water partition coefficient (Wildman–Crippen LogP) is 2.75. The Kier molecular flexibility index (Phi) is 2.20. The summed E-state index contributed by atoms with van der Waals surface area (Å²) in [6, 6.07) is 8.55. The first kappa shape index (κ1) is 9.47. The molecule has 0 saturated carbocycles. The summed E-state index contributed by atoms with van der Waals surface area (Å²) in [4.78, 5) is 0. The van der Waals surface area contributed by atoms with Crippen LogP contribution in [0, 0.1) is 0 Å². The summed E-state index contributed by atoms with van der Waals surface area (Å²) >= 11 is 0. The van der Waals surface area contributed by atoms with Crippen molar-refractivity contribution in [3.05, 3.63) is 41.0 Å². The van der Waals surface area contributed by atoms with E-state index in [1.165, 1.54) is 16.7 Å². The van der Waals surface area contributed by atoms with Crippen LogP contribution in [0.25, 0.3) is 6.08 Å². The molecule has 0 radical (unpaired) electrons. The maximum atomic E-state index is 6.10. The minimum atomic E-state index is -0.173. The van der Waals surface area contributed by atoms with Gasteiger partial charge in [-0.2, -0.15) is 0 Å². The average Bonchev–Trinajstić information content (AvgIpc) is 2.16. The fourth-order valence-corrected chi connectivity index (χ4v) is 1.94. The number of nitrogens with two attached hydrogens (primary N) is 1. The fraction of sp³-hybridized carbons (Fsp3) is 0.385. The van der Waals surface area contributed by atoms with Crippen LogP contribution in [0.4, 0.5) is 0 Å². The molecule has 0 fully saturated rings. The van der Waals surface area contributed by atoms with E-state index in [2.05, 4.69) is 44.2 Å². The van der Waals surface area contributed by atoms with Crippen LogP contribution in [0.5, 0.6) is 0 Å². The number of rotatable bonds is 1. The highest BCUT2D eigenvalue weighted by atomic mass is 14.7. The van der Waals surface area contributed by atoms with Gasteiger partial charge in [0.25, 0.3) is 0 Å². The van der Waals surface area contributed by atoms with E-state index in [1.54, 1.807) is 0 Å².